The fourth-order valence-corrected chi connectivity index (χ4v) is 5.53. The lowest BCUT2D eigenvalue weighted by Crippen LogP contribution is -2.41. The van der Waals surface area contributed by atoms with E-state index < -0.39 is 8.07 Å². The molecule has 4 heteroatoms. The Morgan fingerprint density at radius 2 is 1.27 bits per heavy atom. The van der Waals surface area contributed by atoms with Gasteiger partial charge < -0.3 is 9.31 Å². The van der Waals surface area contributed by atoms with Crippen LogP contribution < -0.4 is 5.19 Å². The molecule has 0 bridgehead atoms. The van der Waals surface area contributed by atoms with Crippen molar-refractivity contribution in [2.45, 2.75) is 52.0 Å². The van der Waals surface area contributed by atoms with E-state index in [4.69, 9.17) is 9.31 Å². The summed E-state index contributed by atoms with van der Waals surface area (Å²) in [6, 6.07) is 21.3. The molecule has 0 spiro atoms. The fourth-order valence-electron chi connectivity index (χ4n) is 3.23. The van der Waals surface area contributed by atoms with Crippen molar-refractivity contribution in [1.82, 2.24) is 0 Å². The van der Waals surface area contributed by atoms with Gasteiger partial charge in [-0.25, -0.2) is 0 Å². The summed E-state index contributed by atoms with van der Waals surface area (Å²) in [7, 11) is -2.16. The monoisotopic (exact) mass is 364 g/mol. The van der Waals surface area contributed by atoms with Crippen molar-refractivity contribution in [3.8, 4) is 0 Å². The number of hydrogen-bond acceptors (Lipinski definition) is 2. The second-order valence-electron chi connectivity index (χ2n) is 8.64. The minimum atomic E-state index is -1.81. The van der Waals surface area contributed by atoms with E-state index in [1.54, 1.807) is 0 Å². The lowest BCUT2D eigenvalue weighted by Gasteiger charge is -2.32. The molecule has 2 aromatic carbocycles. The lowest BCUT2D eigenvalue weighted by molar-refractivity contribution is 0.00578. The van der Waals surface area contributed by atoms with Crippen molar-refractivity contribution in [2.75, 3.05) is 0 Å². The Morgan fingerprint density at radius 1 is 0.808 bits per heavy atom. The average molecular weight is 364 g/mol. The second-order valence-corrected chi connectivity index (χ2v) is 13.0. The third-order valence-corrected chi connectivity index (χ3v) is 8.50. The summed E-state index contributed by atoms with van der Waals surface area (Å²) in [5.41, 5.74) is 4.06. The summed E-state index contributed by atoms with van der Waals surface area (Å²) in [5.74, 6) is 0. The second kappa shape index (κ2) is 6.84. The first kappa shape index (κ1) is 19.2. The van der Waals surface area contributed by atoms with Crippen LogP contribution in [-0.2, 0) is 9.31 Å². The molecular weight excluding hydrogens is 335 g/mol. The highest BCUT2D eigenvalue weighted by molar-refractivity contribution is 6.96. The predicted molar refractivity (Wildman–Crippen MR) is 114 cm³/mol. The minimum Gasteiger partial charge on any atom is -0.399 e. The third-order valence-electron chi connectivity index (χ3n) is 5.65. The quantitative estimate of drug-likeness (QED) is 0.722. The molecule has 0 amide bonds. The minimum absolute atomic E-state index is 0.343. The Labute approximate surface area is 159 Å². The van der Waals surface area contributed by atoms with Crippen LogP contribution in [0.5, 0.6) is 0 Å². The maximum absolute atomic E-state index is 6.39. The van der Waals surface area contributed by atoms with Gasteiger partial charge in [-0.05, 0) is 38.7 Å². The van der Waals surface area contributed by atoms with Gasteiger partial charge in [-0.3, -0.25) is 0 Å². The van der Waals surface area contributed by atoms with E-state index in [1.165, 1.54) is 10.8 Å². The van der Waals surface area contributed by atoms with Gasteiger partial charge in [-0.2, -0.15) is 0 Å². The van der Waals surface area contributed by atoms with Gasteiger partial charge in [0.15, 0.2) is 0 Å². The first-order valence-corrected chi connectivity index (χ1v) is 12.4. The van der Waals surface area contributed by atoms with Crippen LogP contribution in [0.1, 0.15) is 33.3 Å². The maximum atomic E-state index is 6.39. The highest BCUT2D eigenvalue weighted by Gasteiger charge is 2.52. The molecule has 0 aliphatic carbocycles. The van der Waals surface area contributed by atoms with Gasteiger partial charge in [0.05, 0.1) is 11.2 Å². The molecule has 2 aromatic rings. The first-order valence-electron chi connectivity index (χ1n) is 9.32. The molecule has 136 valence electrons. The standard InChI is InChI=1S/C22H29BO2Si/c1-21(2)22(3,4)25-23(24-21)20(18-13-9-7-10-14-18)17-26(5,6)19-15-11-8-12-16-19/h7-17H,1-6H3/b20-17-. The molecule has 1 saturated heterocycles. The van der Waals surface area contributed by atoms with E-state index >= 15 is 0 Å². The molecule has 0 radical (unpaired) electrons. The maximum Gasteiger partial charge on any atom is 0.494 e. The predicted octanol–water partition coefficient (Wildman–Crippen LogP) is 4.86. The molecule has 2 nitrogen and oxygen atoms in total. The van der Waals surface area contributed by atoms with Gasteiger partial charge in [0, 0.05) is 0 Å². The molecule has 0 N–H and O–H groups in total. The summed E-state index contributed by atoms with van der Waals surface area (Å²) < 4.78 is 12.8. The Balaban J connectivity index is 2.06. The molecule has 1 fully saturated rings. The smallest absolute Gasteiger partial charge is 0.399 e. The molecule has 0 saturated carbocycles. The lowest BCUT2D eigenvalue weighted by atomic mass is 9.75. The van der Waals surface area contributed by atoms with Crippen LogP contribution in [0.25, 0.3) is 5.47 Å². The van der Waals surface area contributed by atoms with Crippen molar-refractivity contribution in [3.05, 3.63) is 71.9 Å². The number of rotatable bonds is 4. The molecule has 3 rings (SSSR count). The third kappa shape index (κ3) is 3.73. The van der Waals surface area contributed by atoms with Gasteiger partial charge in [0.1, 0.15) is 8.07 Å². The molecule has 0 aromatic heterocycles. The first-order chi connectivity index (χ1) is 12.1. The average Bonchev–Trinajstić information content (AvgIpc) is 2.82. The van der Waals surface area contributed by atoms with Crippen molar-refractivity contribution in [1.29, 1.82) is 0 Å². The summed E-state index contributed by atoms with van der Waals surface area (Å²) in [6.07, 6.45) is 0. The zero-order valence-electron chi connectivity index (χ0n) is 16.7. The number of hydrogen-bond donors (Lipinski definition) is 0. The van der Waals surface area contributed by atoms with Crippen LogP contribution in [-0.4, -0.2) is 26.4 Å². The summed E-state index contributed by atoms with van der Waals surface area (Å²) in [5, 5.41) is 1.41. The highest BCUT2D eigenvalue weighted by Crippen LogP contribution is 2.40. The molecule has 0 unspecified atom stereocenters. The Morgan fingerprint density at radius 3 is 1.77 bits per heavy atom. The Hall–Kier alpha value is -1.62. The van der Waals surface area contributed by atoms with Crippen molar-refractivity contribution >= 4 is 25.9 Å². The van der Waals surface area contributed by atoms with Crippen molar-refractivity contribution < 1.29 is 9.31 Å². The van der Waals surface area contributed by atoms with E-state index in [2.05, 4.69) is 101 Å². The van der Waals surface area contributed by atoms with Crippen LogP contribution >= 0.6 is 0 Å². The van der Waals surface area contributed by atoms with Crippen molar-refractivity contribution in [2.24, 2.45) is 0 Å². The molecule has 1 aliphatic rings. The zero-order valence-corrected chi connectivity index (χ0v) is 17.7. The topological polar surface area (TPSA) is 18.5 Å². The van der Waals surface area contributed by atoms with E-state index in [0.717, 1.165) is 5.47 Å². The normalized spacial score (nSPS) is 19.6. The summed E-state index contributed by atoms with van der Waals surface area (Å²) in [6.45, 7) is 13.2. The van der Waals surface area contributed by atoms with E-state index in [1.807, 2.05) is 6.07 Å². The Bertz CT molecular complexity index is 766. The van der Waals surface area contributed by atoms with Crippen LogP contribution in [0.2, 0.25) is 13.1 Å². The molecule has 1 heterocycles. The summed E-state index contributed by atoms with van der Waals surface area (Å²) >= 11 is 0. The molecule has 0 atom stereocenters. The van der Waals surface area contributed by atoms with Crippen LogP contribution in [0.4, 0.5) is 0 Å². The SMILES string of the molecule is CC1(C)OB(/C(=C\[Si](C)(C)c2ccccc2)c2ccccc2)OC1(C)C. The van der Waals surface area contributed by atoms with Gasteiger partial charge in [-0.1, -0.05) is 84.6 Å². The molecule has 1 aliphatic heterocycles. The zero-order chi connectivity index (χ0) is 19.0. The van der Waals surface area contributed by atoms with Crippen LogP contribution in [0, 0.1) is 0 Å². The highest BCUT2D eigenvalue weighted by atomic mass is 28.3. The van der Waals surface area contributed by atoms with Crippen LogP contribution in [0.3, 0.4) is 0 Å². The fraction of sp³-hybridized carbons (Fsp3) is 0.364. The van der Waals surface area contributed by atoms with E-state index in [0.29, 0.717) is 0 Å². The largest absolute Gasteiger partial charge is 0.494 e. The summed E-state index contributed by atoms with van der Waals surface area (Å²) in [4.78, 5) is 0. The van der Waals surface area contributed by atoms with E-state index in [9.17, 15) is 0 Å². The van der Waals surface area contributed by atoms with Crippen molar-refractivity contribution in [3.63, 3.8) is 0 Å². The van der Waals surface area contributed by atoms with Gasteiger partial charge >= 0.3 is 7.12 Å². The van der Waals surface area contributed by atoms with Gasteiger partial charge in [0.2, 0.25) is 0 Å². The molecule has 26 heavy (non-hydrogen) atoms. The van der Waals surface area contributed by atoms with E-state index in [-0.39, 0.29) is 18.3 Å². The van der Waals surface area contributed by atoms with Crippen LogP contribution in [0.15, 0.2) is 66.4 Å². The Kier molecular flexibility index (Phi) is 5.04. The molecular formula is C22H29BO2Si. The van der Waals surface area contributed by atoms with Gasteiger partial charge in [0.25, 0.3) is 0 Å². The van der Waals surface area contributed by atoms with Gasteiger partial charge in [-0.15, -0.1) is 0 Å². The number of benzene rings is 2.